The third-order valence-corrected chi connectivity index (χ3v) is 4.51. The van der Waals surface area contributed by atoms with Gasteiger partial charge in [-0.15, -0.1) is 12.4 Å². The van der Waals surface area contributed by atoms with Gasteiger partial charge >= 0.3 is 0 Å². The van der Waals surface area contributed by atoms with Crippen LogP contribution in [0.5, 0.6) is 0 Å². The van der Waals surface area contributed by atoms with E-state index in [2.05, 4.69) is 29.8 Å². The van der Waals surface area contributed by atoms with Gasteiger partial charge in [0, 0.05) is 24.2 Å². The van der Waals surface area contributed by atoms with Gasteiger partial charge in [-0.2, -0.15) is 0 Å². The van der Waals surface area contributed by atoms with E-state index < -0.39 is 5.54 Å². The number of amides is 1. The number of benzene rings is 1. The lowest BCUT2D eigenvalue weighted by Gasteiger charge is -2.29. The third kappa shape index (κ3) is 5.18. The van der Waals surface area contributed by atoms with E-state index in [0.717, 1.165) is 23.1 Å². The molecule has 6 heteroatoms. The summed E-state index contributed by atoms with van der Waals surface area (Å²) in [7, 11) is 0. The van der Waals surface area contributed by atoms with Gasteiger partial charge in [0.1, 0.15) is 5.54 Å². The SMILES string of the molecule is CC(C)COC1CCN(C(=O)C(C)(N)c2ccc(Br)cc2)C1.Cl. The maximum atomic E-state index is 12.8. The zero-order valence-corrected chi connectivity index (χ0v) is 16.3. The number of rotatable bonds is 5. The number of nitrogens with two attached hydrogens (primary N) is 1. The average Bonchev–Trinajstić information content (AvgIpc) is 2.93. The maximum absolute atomic E-state index is 12.8. The van der Waals surface area contributed by atoms with Crippen LogP contribution in [0.15, 0.2) is 28.7 Å². The van der Waals surface area contributed by atoms with Crippen LogP contribution in [0.3, 0.4) is 0 Å². The molecule has 2 unspecified atom stereocenters. The molecular formula is C17H26BrClN2O2. The Balaban J connectivity index is 0.00000264. The largest absolute Gasteiger partial charge is 0.376 e. The zero-order valence-electron chi connectivity index (χ0n) is 13.9. The Bertz CT molecular complexity index is 520. The summed E-state index contributed by atoms with van der Waals surface area (Å²) in [5.41, 5.74) is 6.15. The summed E-state index contributed by atoms with van der Waals surface area (Å²) in [6.45, 7) is 8.12. The Morgan fingerprint density at radius 1 is 1.43 bits per heavy atom. The number of hydrogen-bond acceptors (Lipinski definition) is 3. The van der Waals surface area contributed by atoms with Gasteiger partial charge in [0.05, 0.1) is 6.10 Å². The van der Waals surface area contributed by atoms with Crippen molar-refractivity contribution >= 4 is 34.2 Å². The van der Waals surface area contributed by atoms with Crippen molar-refractivity contribution in [3.8, 4) is 0 Å². The van der Waals surface area contributed by atoms with Crippen LogP contribution in [0, 0.1) is 5.92 Å². The van der Waals surface area contributed by atoms with Gasteiger partial charge in [0.15, 0.2) is 0 Å². The fourth-order valence-corrected chi connectivity index (χ4v) is 2.89. The quantitative estimate of drug-likeness (QED) is 0.817. The lowest BCUT2D eigenvalue weighted by atomic mass is 9.92. The van der Waals surface area contributed by atoms with Gasteiger partial charge in [0.2, 0.25) is 5.91 Å². The van der Waals surface area contributed by atoms with E-state index in [9.17, 15) is 4.79 Å². The predicted octanol–water partition coefficient (Wildman–Crippen LogP) is 3.32. The van der Waals surface area contributed by atoms with E-state index in [1.165, 1.54) is 0 Å². The van der Waals surface area contributed by atoms with Crippen molar-refractivity contribution in [3.63, 3.8) is 0 Å². The zero-order chi connectivity index (χ0) is 16.3. The molecule has 0 aliphatic carbocycles. The lowest BCUT2D eigenvalue weighted by molar-refractivity contribution is -0.136. The number of carbonyl (C=O) groups excluding carboxylic acids is 1. The summed E-state index contributed by atoms with van der Waals surface area (Å²) in [4.78, 5) is 14.6. The highest BCUT2D eigenvalue weighted by molar-refractivity contribution is 9.10. The van der Waals surface area contributed by atoms with Gasteiger partial charge < -0.3 is 15.4 Å². The summed E-state index contributed by atoms with van der Waals surface area (Å²) in [6, 6.07) is 7.61. The van der Waals surface area contributed by atoms with E-state index >= 15 is 0 Å². The number of halogens is 2. The topological polar surface area (TPSA) is 55.6 Å². The molecule has 0 spiro atoms. The van der Waals surface area contributed by atoms with Crippen LogP contribution in [0.4, 0.5) is 0 Å². The van der Waals surface area contributed by atoms with Crippen molar-refractivity contribution < 1.29 is 9.53 Å². The van der Waals surface area contributed by atoms with Crippen LogP contribution in [0.2, 0.25) is 0 Å². The van der Waals surface area contributed by atoms with Crippen molar-refractivity contribution in [2.75, 3.05) is 19.7 Å². The molecule has 23 heavy (non-hydrogen) atoms. The first kappa shape index (κ1) is 20.4. The summed E-state index contributed by atoms with van der Waals surface area (Å²) in [6.07, 6.45) is 1.02. The molecule has 1 saturated heterocycles. The molecule has 0 saturated carbocycles. The van der Waals surface area contributed by atoms with Gasteiger partial charge in [-0.1, -0.05) is 41.9 Å². The smallest absolute Gasteiger partial charge is 0.247 e. The van der Waals surface area contributed by atoms with E-state index in [0.29, 0.717) is 19.0 Å². The monoisotopic (exact) mass is 404 g/mol. The number of likely N-dealkylation sites (tertiary alicyclic amines) is 1. The van der Waals surface area contributed by atoms with Crippen molar-refractivity contribution in [2.45, 2.75) is 38.8 Å². The Morgan fingerprint density at radius 2 is 2.04 bits per heavy atom. The van der Waals surface area contributed by atoms with Gasteiger partial charge in [-0.05, 0) is 37.0 Å². The normalized spacial score (nSPS) is 20.3. The fourth-order valence-electron chi connectivity index (χ4n) is 2.63. The van der Waals surface area contributed by atoms with Gasteiger partial charge in [-0.3, -0.25) is 4.79 Å². The molecule has 1 aromatic rings. The number of nitrogens with zero attached hydrogens (tertiary/aromatic N) is 1. The molecule has 0 radical (unpaired) electrons. The molecule has 0 aromatic heterocycles. The Hall–Kier alpha value is -0.620. The first-order valence-corrected chi connectivity index (χ1v) is 8.56. The number of hydrogen-bond donors (Lipinski definition) is 1. The molecule has 2 rings (SSSR count). The van der Waals surface area contributed by atoms with E-state index in [1.54, 1.807) is 6.92 Å². The second-order valence-corrected chi connectivity index (χ2v) is 7.51. The van der Waals surface area contributed by atoms with Crippen LogP contribution < -0.4 is 5.73 Å². The molecule has 2 atom stereocenters. The molecule has 1 aromatic carbocycles. The molecule has 1 aliphatic heterocycles. The van der Waals surface area contributed by atoms with E-state index in [-0.39, 0.29) is 24.4 Å². The second kappa shape index (κ2) is 8.47. The van der Waals surface area contributed by atoms with Crippen LogP contribution in [0.1, 0.15) is 32.8 Å². The van der Waals surface area contributed by atoms with Crippen molar-refractivity contribution in [3.05, 3.63) is 34.3 Å². The molecule has 2 N–H and O–H groups in total. The Kier molecular flexibility index (Phi) is 7.52. The number of carbonyl (C=O) groups is 1. The molecule has 1 fully saturated rings. The second-order valence-electron chi connectivity index (χ2n) is 6.60. The molecular weight excluding hydrogens is 380 g/mol. The summed E-state index contributed by atoms with van der Waals surface area (Å²) in [5, 5.41) is 0. The van der Waals surface area contributed by atoms with E-state index in [1.807, 2.05) is 29.2 Å². The van der Waals surface area contributed by atoms with Crippen LogP contribution >= 0.6 is 28.3 Å². The molecule has 1 amide bonds. The lowest BCUT2D eigenvalue weighted by Crippen LogP contribution is -2.50. The minimum absolute atomic E-state index is 0. The van der Waals surface area contributed by atoms with Crippen LogP contribution in [0.25, 0.3) is 0 Å². The number of ether oxygens (including phenoxy) is 1. The van der Waals surface area contributed by atoms with E-state index in [4.69, 9.17) is 10.5 Å². The standard InChI is InChI=1S/C17H25BrN2O2.ClH/c1-12(2)11-22-15-8-9-20(10-15)16(21)17(3,19)13-4-6-14(18)7-5-13;/h4-7,12,15H,8-11,19H2,1-3H3;1H. The summed E-state index contributed by atoms with van der Waals surface area (Å²) in [5.74, 6) is 0.470. The minimum Gasteiger partial charge on any atom is -0.376 e. The van der Waals surface area contributed by atoms with Crippen molar-refractivity contribution in [2.24, 2.45) is 11.7 Å². The first-order chi connectivity index (χ1) is 10.3. The highest BCUT2D eigenvalue weighted by Gasteiger charge is 2.38. The minimum atomic E-state index is -1.01. The average molecular weight is 406 g/mol. The van der Waals surface area contributed by atoms with Crippen molar-refractivity contribution in [1.29, 1.82) is 0 Å². The predicted molar refractivity (Wildman–Crippen MR) is 98.7 cm³/mol. The molecule has 130 valence electrons. The van der Waals surface area contributed by atoms with Crippen LogP contribution in [-0.4, -0.2) is 36.6 Å². The maximum Gasteiger partial charge on any atom is 0.247 e. The first-order valence-electron chi connectivity index (χ1n) is 7.76. The molecule has 1 aliphatic rings. The highest BCUT2D eigenvalue weighted by Crippen LogP contribution is 2.25. The van der Waals surface area contributed by atoms with Gasteiger partial charge in [-0.25, -0.2) is 0 Å². The molecule has 0 bridgehead atoms. The highest BCUT2D eigenvalue weighted by atomic mass is 79.9. The fraction of sp³-hybridized carbons (Fsp3) is 0.588. The third-order valence-electron chi connectivity index (χ3n) is 3.99. The molecule has 4 nitrogen and oxygen atoms in total. The Morgan fingerprint density at radius 3 is 2.61 bits per heavy atom. The van der Waals surface area contributed by atoms with Crippen molar-refractivity contribution in [1.82, 2.24) is 4.90 Å². The van der Waals surface area contributed by atoms with Crippen LogP contribution in [-0.2, 0) is 15.1 Å². The summed E-state index contributed by atoms with van der Waals surface area (Å²) >= 11 is 3.40. The van der Waals surface area contributed by atoms with Gasteiger partial charge in [0.25, 0.3) is 0 Å². The summed E-state index contributed by atoms with van der Waals surface area (Å²) < 4.78 is 6.81. The Labute approximate surface area is 153 Å². The molecule has 1 heterocycles.